The van der Waals surface area contributed by atoms with Crippen molar-refractivity contribution in [2.45, 2.75) is 63.4 Å². The number of aryl methyl sites for hydroxylation is 1. The van der Waals surface area contributed by atoms with Gasteiger partial charge in [-0.05, 0) is 66.3 Å². The van der Waals surface area contributed by atoms with Crippen LogP contribution in [-0.4, -0.2) is 43.4 Å². The van der Waals surface area contributed by atoms with Crippen molar-refractivity contribution in [3.05, 3.63) is 65.2 Å². The third-order valence-corrected chi connectivity index (χ3v) is 9.12. The lowest BCUT2D eigenvalue weighted by atomic mass is 9.53. The van der Waals surface area contributed by atoms with E-state index >= 15 is 0 Å². The Morgan fingerprint density at radius 1 is 1.06 bits per heavy atom. The third-order valence-electron chi connectivity index (χ3n) is 9.12. The quantitative estimate of drug-likeness (QED) is 0.662. The van der Waals surface area contributed by atoms with Crippen LogP contribution in [0.15, 0.2) is 48.5 Å². The lowest BCUT2D eigenvalue weighted by Gasteiger charge is -2.55. The largest absolute Gasteiger partial charge is 0.489 e. The molecule has 34 heavy (non-hydrogen) atoms. The van der Waals surface area contributed by atoms with Gasteiger partial charge in [0.15, 0.2) is 5.79 Å². The molecular formula is C29H36O5. The van der Waals surface area contributed by atoms with Crippen LogP contribution >= 0.6 is 0 Å². The molecule has 1 N–H and O–H groups in total. The summed E-state index contributed by atoms with van der Waals surface area (Å²) in [6.07, 6.45) is 5.30. The van der Waals surface area contributed by atoms with Crippen molar-refractivity contribution >= 4 is 0 Å². The van der Waals surface area contributed by atoms with E-state index < -0.39 is 5.79 Å². The van der Waals surface area contributed by atoms with Crippen LogP contribution in [0, 0.1) is 17.3 Å². The maximum absolute atomic E-state index is 9.54. The lowest BCUT2D eigenvalue weighted by Crippen LogP contribution is -2.56. The van der Waals surface area contributed by atoms with Crippen molar-refractivity contribution in [3.8, 4) is 5.75 Å². The summed E-state index contributed by atoms with van der Waals surface area (Å²) in [5.74, 6) is 1.92. The molecule has 0 bridgehead atoms. The highest BCUT2D eigenvalue weighted by molar-refractivity contribution is 5.42. The second-order valence-corrected chi connectivity index (χ2v) is 10.7. The Hall–Kier alpha value is -1.92. The molecule has 1 spiro atoms. The summed E-state index contributed by atoms with van der Waals surface area (Å²) in [7, 11) is 0. The third kappa shape index (κ3) is 3.60. The van der Waals surface area contributed by atoms with Gasteiger partial charge in [-0.2, -0.15) is 0 Å². The average Bonchev–Trinajstić information content (AvgIpc) is 3.47. The van der Waals surface area contributed by atoms with Gasteiger partial charge >= 0.3 is 0 Å². The molecule has 182 valence electrons. The van der Waals surface area contributed by atoms with Crippen LogP contribution < -0.4 is 4.74 Å². The van der Waals surface area contributed by atoms with Gasteiger partial charge in [0.25, 0.3) is 0 Å². The molecule has 1 saturated heterocycles. The predicted octanol–water partition coefficient (Wildman–Crippen LogP) is 4.85. The second kappa shape index (κ2) is 8.94. The Kier molecular flexibility index (Phi) is 5.93. The molecule has 5 heteroatoms. The molecule has 4 aliphatic rings. The predicted molar refractivity (Wildman–Crippen MR) is 129 cm³/mol. The number of benzene rings is 2. The Labute approximate surface area is 202 Å². The van der Waals surface area contributed by atoms with Crippen molar-refractivity contribution in [1.82, 2.24) is 0 Å². The zero-order chi connectivity index (χ0) is 23.2. The van der Waals surface area contributed by atoms with Crippen molar-refractivity contribution in [2.24, 2.45) is 17.3 Å². The van der Waals surface area contributed by atoms with E-state index in [-0.39, 0.29) is 18.1 Å². The first-order valence-electron chi connectivity index (χ1n) is 12.9. The van der Waals surface area contributed by atoms with E-state index in [1.54, 1.807) is 0 Å². The molecular weight excluding hydrogens is 428 g/mol. The Morgan fingerprint density at radius 2 is 1.88 bits per heavy atom. The normalized spacial score (nSPS) is 33.4. The van der Waals surface area contributed by atoms with Crippen LogP contribution in [0.1, 0.15) is 55.2 Å². The first kappa shape index (κ1) is 22.5. The van der Waals surface area contributed by atoms with E-state index in [0.717, 1.165) is 37.9 Å². The van der Waals surface area contributed by atoms with Gasteiger partial charge in [0.05, 0.1) is 32.5 Å². The molecule has 6 rings (SSSR count). The highest BCUT2D eigenvalue weighted by Crippen LogP contribution is 2.66. The minimum absolute atomic E-state index is 0.0469. The summed E-state index contributed by atoms with van der Waals surface area (Å²) in [6.45, 7) is 4.75. The fourth-order valence-corrected chi connectivity index (χ4v) is 7.68. The molecule has 2 aromatic carbocycles. The zero-order valence-corrected chi connectivity index (χ0v) is 20.1. The highest BCUT2D eigenvalue weighted by atomic mass is 16.7. The Balaban J connectivity index is 1.28. The van der Waals surface area contributed by atoms with Crippen molar-refractivity contribution < 1.29 is 24.1 Å². The SMILES string of the molecule is C[C@]12C[C@H](OCCO)[C@@H]3c4ccc(OCc5ccccc5)cc4CC[C@H]3[C@@H]1CCC21OCCO1. The van der Waals surface area contributed by atoms with Crippen molar-refractivity contribution in [1.29, 1.82) is 0 Å². The number of fused-ring (bicyclic) bond motifs is 6. The molecule has 3 aliphatic carbocycles. The molecule has 3 fully saturated rings. The van der Waals surface area contributed by atoms with Gasteiger partial charge in [0.2, 0.25) is 0 Å². The summed E-state index contributed by atoms with van der Waals surface area (Å²) in [5.41, 5.74) is 3.91. The number of hydrogen-bond acceptors (Lipinski definition) is 5. The summed E-state index contributed by atoms with van der Waals surface area (Å²) in [5, 5.41) is 9.54. The summed E-state index contributed by atoms with van der Waals surface area (Å²) in [6, 6.07) is 16.9. The van der Waals surface area contributed by atoms with E-state index in [2.05, 4.69) is 37.3 Å². The molecule has 0 radical (unpaired) electrons. The first-order chi connectivity index (χ1) is 16.6. The molecule has 0 unspecified atom stereocenters. The summed E-state index contributed by atoms with van der Waals surface area (Å²) < 4.78 is 25.1. The molecule has 5 nitrogen and oxygen atoms in total. The van der Waals surface area contributed by atoms with Crippen LogP contribution in [0.4, 0.5) is 0 Å². The fourth-order valence-electron chi connectivity index (χ4n) is 7.68. The number of aliphatic hydroxyl groups excluding tert-OH is 1. The minimum atomic E-state index is -0.459. The van der Waals surface area contributed by atoms with Crippen LogP contribution in [0.2, 0.25) is 0 Å². The minimum Gasteiger partial charge on any atom is -0.489 e. The van der Waals surface area contributed by atoms with Crippen LogP contribution in [0.3, 0.4) is 0 Å². The molecule has 0 aromatic heterocycles. The van der Waals surface area contributed by atoms with Gasteiger partial charge in [0, 0.05) is 17.8 Å². The summed E-state index contributed by atoms with van der Waals surface area (Å²) >= 11 is 0. The van der Waals surface area contributed by atoms with Crippen LogP contribution in [0.25, 0.3) is 0 Å². The topological polar surface area (TPSA) is 57.2 Å². The molecule has 0 amide bonds. The van der Waals surface area contributed by atoms with Gasteiger partial charge < -0.3 is 24.1 Å². The monoisotopic (exact) mass is 464 g/mol. The molecule has 2 aromatic rings. The van der Waals surface area contributed by atoms with Crippen LogP contribution in [0.5, 0.6) is 5.75 Å². The fraction of sp³-hybridized carbons (Fsp3) is 0.586. The molecule has 5 atom stereocenters. The van der Waals surface area contributed by atoms with Gasteiger partial charge in [-0.25, -0.2) is 0 Å². The number of rotatable bonds is 6. The van der Waals surface area contributed by atoms with E-state index in [1.807, 2.05) is 18.2 Å². The van der Waals surface area contributed by atoms with E-state index in [9.17, 15) is 5.11 Å². The van der Waals surface area contributed by atoms with E-state index in [1.165, 1.54) is 16.7 Å². The van der Waals surface area contributed by atoms with E-state index in [0.29, 0.717) is 44.2 Å². The number of hydrogen-bond donors (Lipinski definition) is 1. The number of aliphatic hydroxyl groups is 1. The van der Waals surface area contributed by atoms with Crippen molar-refractivity contribution in [2.75, 3.05) is 26.4 Å². The smallest absolute Gasteiger partial charge is 0.174 e. The van der Waals surface area contributed by atoms with Crippen molar-refractivity contribution in [3.63, 3.8) is 0 Å². The number of ether oxygens (including phenoxy) is 4. The first-order valence-corrected chi connectivity index (χ1v) is 12.9. The molecule has 1 aliphatic heterocycles. The Bertz CT molecular complexity index is 1000. The van der Waals surface area contributed by atoms with Gasteiger partial charge in [0.1, 0.15) is 12.4 Å². The maximum Gasteiger partial charge on any atom is 0.174 e. The highest BCUT2D eigenvalue weighted by Gasteiger charge is 2.67. The standard InChI is InChI=1S/C29H36O5/c1-28-18-26(31-14-13-30)27-23-10-8-22(32-19-20-5-3-2-4-6-20)17-21(23)7-9-24(27)25(28)11-12-29(28)33-15-16-34-29/h2-6,8,10,17,24-27,30H,7,9,11-16,18-19H2,1H3/t24-,25-,26-,27+,28-/m0/s1. The molecule has 2 saturated carbocycles. The summed E-state index contributed by atoms with van der Waals surface area (Å²) in [4.78, 5) is 0. The van der Waals surface area contributed by atoms with E-state index in [4.69, 9.17) is 18.9 Å². The van der Waals surface area contributed by atoms with Gasteiger partial charge in [-0.15, -0.1) is 0 Å². The second-order valence-electron chi connectivity index (χ2n) is 10.7. The molecule has 1 heterocycles. The van der Waals surface area contributed by atoms with Gasteiger partial charge in [-0.3, -0.25) is 0 Å². The van der Waals surface area contributed by atoms with Crippen LogP contribution in [-0.2, 0) is 27.2 Å². The lowest BCUT2D eigenvalue weighted by molar-refractivity contribution is -0.250. The maximum atomic E-state index is 9.54. The Morgan fingerprint density at radius 3 is 2.68 bits per heavy atom. The zero-order valence-electron chi connectivity index (χ0n) is 20.1. The van der Waals surface area contributed by atoms with Gasteiger partial charge in [-0.1, -0.05) is 43.3 Å². The average molecular weight is 465 g/mol.